The van der Waals surface area contributed by atoms with E-state index in [1.165, 1.54) is 0 Å². The van der Waals surface area contributed by atoms with Crippen molar-refractivity contribution < 1.29 is 30.0 Å². The zero-order valence-electron chi connectivity index (χ0n) is 26.1. The Morgan fingerprint density at radius 3 is 2.25 bits per heavy atom. The number of ketones is 1. The predicted octanol–water partition coefficient (Wildman–Crippen LogP) is 8.48. The lowest BCUT2D eigenvalue weighted by Gasteiger charge is -2.35. The Morgan fingerprint density at radius 2 is 1.55 bits per heavy atom. The van der Waals surface area contributed by atoms with E-state index in [0.717, 1.165) is 62.5 Å². The highest BCUT2D eigenvalue weighted by Gasteiger charge is 2.39. The standard InChI is InChI=1S/C38H46O6/c1-3-5-7-10-16-25-18-29-26(20-31(25)39)21-33(41)36(38(29)43)35(24-14-11-9-12-15-24)27-19-30-34(44-23-27)22-32(40)28(37(30)42)17-13-8-6-4-2/h9,11-12,14-15,18,20,22,27,35,39-40,42-43H,3-8,10,13,16-17,19,21,23H2,1-2H3. The zero-order valence-corrected chi connectivity index (χ0v) is 26.1. The summed E-state index contributed by atoms with van der Waals surface area (Å²) in [6.45, 7) is 4.57. The summed E-state index contributed by atoms with van der Waals surface area (Å²) in [5.41, 5.74) is 4.42. The lowest BCUT2D eigenvalue weighted by Crippen LogP contribution is -2.32. The van der Waals surface area contributed by atoms with Crippen LogP contribution in [0.1, 0.15) is 105 Å². The summed E-state index contributed by atoms with van der Waals surface area (Å²) in [7, 11) is 0. The molecule has 234 valence electrons. The molecule has 6 heteroatoms. The van der Waals surface area contributed by atoms with Gasteiger partial charge in [-0.05, 0) is 60.9 Å². The topological polar surface area (TPSA) is 107 Å². The Balaban J connectivity index is 1.52. The summed E-state index contributed by atoms with van der Waals surface area (Å²) in [6.07, 6.45) is 10.2. The molecule has 4 N–H and O–H groups in total. The SMILES string of the molecule is CCCCCCc1cc2c(cc1O)CC(=O)C(C(c1ccccc1)C1COc3cc(O)c(CCCCCC)c(O)c3C1)=C2O. The third-order valence-corrected chi connectivity index (χ3v) is 9.35. The van der Waals surface area contributed by atoms with Crippen molar-refractivity contribution in [3.8, 4) is 23.0 Å². The van der Waals surface area contributed by atoms with E-state index in [1.54, 1.807) is 12.1 Å². The number of Topliss-reactive ketones (excluding diaryl/α,β-unsaturated/α-hetero) is 1. The number of aliphatic hydroxyl groups is 1. The van der Waals surface area contributed by atoms with Crippen LogP contribution in [-0.4, -0.2) is 32.8 Å². The molecule has 3 aromatic carbocycles. The number of rotatable bonds is 13. The number of hydrogen-bond acceptors (Lipinski definition) is 6. The molecular weight excluding hydrogens is 552 g/mol. The van der Waals surface area contributed by atoms with Gasteiger partial charge in [-0.1, -0.05) is 82.7 Å². The molecule has 0 spiro atoms. The molecule has 44 heavy (non-hydrogen) atoms. The van der Waals surface area contributed by atoms with Crippen molar-refractivity contribution in [2.24, 2.45) is 5.92 Å². The second-order valence-electron chi connectivity index (χ2n) is 12.5. The zero-order chi connectivity index (χ0) is 31.2. The number of fused-ring (bicyclic) bond motifs is 2. The Kier molecular flexibility index (Phi) is 10.2. The molecule has 6 nitrogen and oxygen atoms in total. The number of aliphatic hydroxyl groups excluding tert-OH is 1. The lowest BCUT2D eigenvalue weighted by atomic mass is 9.72. The maximum atomic E-state index is 13.8. The van der Waals surface area contributed by atoms with Crippen molar-refractivity contribution in [3.63, 3.8) is 0 Å². The monoisotopic (exact) mass is 598 g/mol. The number of benzene rings is 3. The number of carbonyl (C=O) groups excluding carboxylic acids is 1. The van der Waals surface area contributed by atoms with Gasteiger partial charge < -0.3 is 25.2 Å². The van der Waals surface area contributed by atoms with Crippen molar-refractivity contribution in [3.05, 3.63) is 87.5 Å². The van der Waals surface area contributed by atoms with Crippen molar-refractivity contribution in [2.75, 3.05) is 6.61 Å². The van der Waals surface area contributed by atoms with E-state index in [9.17, 15) is 25.2 Å². The highest BCUT2D eigenvalue weighted by Crippen LogP contribution is 2.48. The summed E-state index contributed by atoms with van der Waals surface area (Å²) in [5, 5.41) is 44.6. The fraction of sp³-hybridized carbons (Fsp3) is 0.447. The molecule has 0 saturated heterocycles. The Morgan fingerprint density at radius 1 is 0.841 bits per heavy atom. The van der Waals surface area contributed by atoms with E-state index in [1.807, 2.05) is 36.4 Å². The average Bonchev–Trinajstić information content (AvgIpc) is 3.02. The second-order valence-corrected chi connectivity index (χ2v) is 12.5. The van der Waals surface area contributed by atoms with Crippen LogP contribution in [0.15, 0.2) is 54.1 Å². The average molecular weight is 599 g/mol. The van der Waals surface area contributed by atoms with Crippen molar-refractivity contribution in [1.82, 2.24) is 0 Å². The van der Waals surface area contributed by atoms with Crippen LogP contribution in [0.25, 0.3) is 5.76 Å². The minimum atomic E-state index is -0.479. The van der Waals surface area contributed by atoms with Crippen LogP contribution >= 0.6 is 0 Å². The number of ether oxygens (including phenoxy) is 1. The van der Waals surface area contributed by atoms with E-state index < -0.39 is 5.92 Å². The summed E-state index contributed by atoms with van der Waals surface area (Å²) in [6, 6.07) is 14.8. The van der Waals surface area contributed by atoms with Gasteiger partial charge in [-0.3, -0.25) is 4.79 Å². The van der Waals surface area contributed by atoms with Gasteiger partial charge in [-0.2, -0.15) is 0 Å². The van der Waals surface area contributed by atoms with Crippen LogP contribution in [0.2, 0.25) is 0 Å². The first-order valence-corrected chi connectivity index (χ1v) is 16.4. The minimum absolute atomic E-state index is 0.0442. The molecule has 1 aliphatic heterocycles. The molecule has 0 aromatic heterocycles. The van der Waals surface area contributed by atoms with Gasteiger partial charge in [-0.15, -0.1) is 0 Å². The second kappa shape index (κ2) is 14.2. The molecule has 0 saturated carbocycles. The van der Waals surface area contributed by atoms with Gasteiger partial charge >= 0.3 is 0 Å². The number of phenols is 3. The van der Waals surface area contributed by atoms with Gasteiger partial charge in [0.15, 0.2) is 5.78 Å². The first-order chi connectivity index (χ1) is 21.3. The Labute approximate surface area is 261 Å². The molecule has 0 fully saturated rings. The maximum Gasteiger partial charge on any atom is 0.167 e. The first kappa shape index (κ1) is 31.5. The van der Waals surface area contributed by atoms with Crippen LogP contribution in [-0.2, 0) is 30.5 Å². The van der Waals surface area contributed by atoms with Crippen molar-refractivity contribution in [1.29, 1.82) is 0 Å². The quantitative estimate of drug-likeness (QED) is 0.147. The Hall–Kier alpha value is -3.93. The summed E-state index contributed by atoms with van der Waals surface area (Å²) >= 11 is 0. The smallest absolute Gasteiger partial charge is 0.167 e. The molecule has 0 amide bonds. The third-order valence-electron chi connectivity index (χ3n) is 9.35. The van der Waals surface area contributed by atoms with E-state index in [0.29, 0.717) is 52.8 Å². The van der Waals surface area contributed by atoms with Gasteiger partial charge in [0.25, 0.3) is 0 Å². The number of hydrogen-bond donors (Lipinski definition) is 4. The van der Waals surface area contributed by atoms with Crippen LogP contribution in [0.5, 0.6) is 23.0 Å². The number of unbranched alkanes of at least 4 members (excludes halogenated alkanes) is 6. The number of aromatic hydroxyl groups is 3. The largest absolute Gasteiger partial charge is 0.508 e. The lowest BCUT2D eigenvalue weighted by molar-refractivity contribution is -0.115. The molecule has 3 aromatic rings. The van der Waals surface area contributed by atoms with Gasteiger partial charge in [0.2, 0.25) is 0 Å². The number of allylic oxidation sites excluding steroid dienone is 1. The molecule has 1 heterocycles. The minimum Gasteiger partial charge on any atom is -0.508 e. The highest BCUT2D eigenvalue weighted by molar-refractivity contribution is 6.07. The van der Waals surface area contributed by atoms with E-state index in [2.05, 4.69) is 13.8 Å². The van der Waals surface area contributed by atoms with Gasteiger partial charge in [0, 0.05) is 46.6 Å². The maximum absolute atomic E-state index is 13.8. The van der Waals surface area contributed by atoms with Crippen molar-refractivity contribution in [2.45, 2.75) is 96.8 Å². The molecule has 2 aliphatic rings. The number of aryl methyl sites for hydroxylation is 1. The molecule has 1 aliphatic carbocycles. The van der Waals surface area contributed by atoms with Crippen LogP contribution in [0.4, 0.5) is 0 Å². The third kappa shape index (κ3) is 6.59. The number of phenolic OH excluding ortho intramolecular Hbond substituents is 3. The molecular formula is C38H46O6. The van der Waals surface area contributed by atoms with E-state index in [4.69, 9.17) is 4.74 Å². The highest BCUT2D eigenvalue weighted by atomic mass is 16.5. The summed E-state index contributed by atoms with van der Waals surface area (Å²) in [4.78, 5) is 13.8. The molecule has 0 radical (unpaired) electrons. The van der Waals surface area contributed by atoms with E-state index >= 15 is 0 Å². The molecule has 2 atom stereocenters. The van der Waals surface area contributed by atoms with Crippen LogP contribution < -0.4 is 4.74 Å². The van der Waals surface area contributed by atoms with Gasteiger partial charge in [-0.25, -0.2) is 0 Å². The van der Waals surface area contributed by atoms with Crippen LogP contribution in [0.3, 0.4) is 0 Å². The predicted molar refractivity (Wildman–Crippen MR) is 174 cm³/mol. The normalized spacial score (nSPS) is 16.8. The van der Waals surface area contributed by atoms with Gasteiger partial charge in [0.1, 0.15) is 28.8 Å². The molecule has 5 rings (SSSR count). The van der Waals surface area contributed by atoms with Crippen molar-refractivity contribution >= 4 is 11.5 Å². The Bertz CT molecular complexity index is 1510. The number of carbonyl (C=O) groups is 1. The van der Waals surface area contributed by atoms with Gasteiger partial charge in [0.05, 0.1) is 6.61 Å². The summed E-state index contributed by atoms with van der Waals surface area (Å²) < 4.78 is 6.16. The fourth-order valence-corrected chi connectivity index (χ4v) is 6.94. The first-order valence-electron chi connectivity index (χ1n) is 16.4. The molecule has 0 bridgehead atoms. The van der Waals surface area contributed by atoms with E-state index in [-0.39, 0.29) is 47.7 Å². The van der Waals surface area contributed by atoms with Crippen LogP contribution in [0, 0.1) is 5.92 Å². The summed E-state index contributed by atoms with van der Waals surface area (Å²) in [5.74, 6) is -0.214. The molecule has 2 unspecified atom stereocenters. The fourth-order valence-electron chi connectivity index (χ4n) is 6.94.